The first-order valence-corrected chi connectivity index (χ1v) is 10.6. The number of methoxy groups -OCH3 is 1. The Kier molecular flexibility index (Phi) is 6.45. The first-order chi connectivity index (χ1) is 15.1. The van der Waals surface area contributed by atoms with Crippen LogP contribution >= 0.6 is 11.8 Å². The number of aromatic nitrogens is 1. The summed E-state index contributed by atoms with van der Waals surface area (Å²) < 4.78 is 10.5. The molecule has 31 heavy (non-hydrogen) atoms. The molecule has 0 saturated carbocycles. The van der Waals surface area contributed by atoms with Crippen LogP contribution in [0.25, 0.3) is 10.9 Å². The topological polar surface area (TPSA) is 89.4 Å². The first kappa shape index (κ1) is 20.8. The number of rotatable bonds is 8. The molecule has 6 nitrogen and oxygen atoms in total. The predicted octanol–water partition coefficient (Wildman–Crippen LogP) is 5.08. The van der Waals surface area contributed by atoms with Crippen molar-refractivity contribution in [3.8, 4) is 11.6 Å². The summed E-state index contributed by atoms with van der Waals surface area (Å²) in [5, 5.41) is 4.42. The molecule has 0 unspecified atom stereocenters. The fourth-order valence-corrected chi connectivity index (χ4v) is 4.32. The van der Waals surface area contributed by atoms with Gasteiger partial charge in [-0.3, -0.25) is 0 Å². The molecule has 0 radical (unpaired) electrons. The van der Waals surface area contributed by atoms with Crippen molar-refractivity contribution < 1.29 is 14.3 Å². The highest BCUT2D eigenvalue weighted by Crippen LogP contribution is 2.40. The molecule has 0 aliphatic heterocycles. The normalized spacial score (nSPS) is 10.9. The number of nitrogens with two attached hydrogens (primary N) is 1. The van der Waals surface area contributed by atoms with Crippen molar-refractivity contribution in [2.75, 3.05) is 7.11 Å². The molecule has 0 aliphatic carbocycles. The summed E-state index contributed by atoms with van der Waals surface area (Å²) >= 11 is 1.53. The summed E-state index contributed by atoms with van der Waals surface area (Å²) in [6.45, 7) is 1.42. The van der Waals surface area contributed by atoms with E-state index >= 15 is 0 Å². The molecule has 4 N–H and O–H groups in total. The van der Waals surface area contributed by atoms with Gasteiger partial charge in [0.1, 0.15) is 5.75 Å². The van der Waals surface area contributed by atoms with Gasteiger partial charge in [0.2, 0.25) is 5.88 Å². The number of hydrogen-bond acceptors (Lipinski definition) is 5. The minimum Gasteiger partial charge on any atom is -0.497 e. The van der Waals surface area contributed by atoms with E-state index in [0.29, 0.717) is 12.4 Å². The Morgan fingerprint density at radius 1 is 1.00 bits per heavy atom. The van der Waals surface area contributed by atoms with Crippen LogP contribution in [-0.4, -0.2) is 18.2 Å². The molecule has 0 fully saturated rings. The number of ether oxygens (including phenoxy) is 2. The van der Waals surface area contributed by atoms with E-state index in [-0.39, 0.29) is 0 Å². The van der Waals surface area contributed by atoms with Gasteiger partial charge in [-0.1, -0.05) is 54.2 Å². The Bertz CT molecular complexity index is 1190. The molecule has 7 heteroatoms. The van der Waals surface area contributed by atoms with Crippen molar-refractivity contribution in [2.24, 2.45) is 5.73 Å². The van der Waals surface area contributed by atoms with Gasteiger partial charge in [-0.2, -0.15) is 0 Å². The minimum atomic E-state index is -0.846. The molecular weight excluding hydrogens is 410 g/mol. The molecule has 4 aromatic rings. The number of hydrogen-bond donors (Lipinski definition) is 3. The van der Waals surface area contributed by atoms with Crippen LogP contribution in [0.4, 0.5) is 4.79 Å². The van der Waals surface area contributed by atoms with Crippen molar-refractivity contribution in [2.45, 2.75) is 22.9 Å². The van der Waals surface area contributed by atoms with E-state index in [1.165, 1.54) is 11.8 Å². The van der Waals surface area contributed by atoms with Crippen molar-refractivity contribution in [1.82, 2.24) is 10.3 Å². The average molecular weight is 434 g/mol. The molecule has 158 valence electrons. The molecule has 0 spiro atoms. The van der Waals surface area contributed by atoms with Gasteiger partial charge in [0.05, 0.1) is 12.0 Å². The van der Waals surface area contributed by atoms with Gasteiger partial charge in [-0.15, -0.1) is 0 Å². The number of nitrogens with one attached hydrogen (secondary N) is 2. The van der Waals surface area contributed by atoms with Crippen LogP contribution < -0.4 is 20.5 Å². The highest BCUT2D eigenvalue weighted by atomic mass is 32.2. The maximum Gasteiger partial charge on any atom is 0.411 e. The quantitative estimate of drug-likeness (QED) is 0.361. The molecule has 0 saturated heterocycles. The van der Waals surface area contributed by atoms with Crippen molar-refractivity contribution >= 4 is 28.8 Å². The van der Waals surface area contributed by atoms with Crippen LogP contribution in [0.5, 0.6) is 11.6 Å². The molecular formula is C24H23N3O3S. The molecule has 0 aliphatic rings. The number of amides is 1. The number of carbonyl (C=O) groups is 1. The van der Waals surface area contributed by atoms with Crippen molar-refractivity contribution in [1.29, 1.82) is 0 Å². The summed E-state index contributed by atoms with van der Waals surface area (Å²) in [5.74, 6) is 1.20. The lowest BCUT2D eigenvalue weighted by atomic mass is 10.1. The summed E-state index contributed by atoms with van der Waals surface area (Å²) in [7, 11) is 1.67. The number of primary amides is 1. The summed E-state index contributed by atoms with van der Waals surface area (Å²) in [6, 6.07) is 24.1. The Morgan fingerprint density at radius 3 is 2.52 bits per heavy atom. The third-order valence-electron chi connectivity index (χ3n) is 4.74. The average Bonchev–Trinajstić information content (AvgIpc) is 3.10. The van der Waals surface area contributed by atoms with Crippen LogP contribution in [0.2, 0.25) is 0 Å². The zero-order valence-electron chi connectivity index (χ0n) is 17.1. The van der Waals surface area contributed by atoms with Gasteiger partial charge >= 0.3 is 6.09 Å². The Hall–Kier alpha value is -3.42. The van der Waals surface area contributed by atoms with Crippen LogP contribution in [-0.2, 0) is 13.1 Å². The smallest absolute Gasteiger partial charge is 0.411 e. The number of H-pyrrole nitrogens is 1. The Morgan fingerprint density at radius 2 is 1.77 bits per heavy atom. The van der Waals surface area contributed by atoms with Gasteiger partial charge in [0.15, 0.2) is 0 Å². The molecule has 3 aromatic carbocycles. The molecule has 1 aromatic heterocycles. The Balaban J connectivity index is 1.53. The molecule has 1 heterocycles. The van der Waals surface area contributed by atoms with E-state index in [1.54, 1.807) is 7.11 Å². The van der Waals surface area contributed by atoms with Gasteiger partial charge in [-0.05, 0) is 41.5 Å². The van der Waals surface area contributed by atoms with E-state index in [9.17, 15) is 4.79 Å². The molecule has 0 bridgehead atoms. The number of carbonyl (C=O) groups excluding carboxylic acids is 1. The number of fused-ring (bicyclic) bond motifs is 1. The van der Waals surface area contributed by atoms with Gasteiger partial charge in [0.25, 0.3) is 0 Å². The summed E-state index contributed by atoms with van der Waals surface area (Å²) in [4.78, 5) is 16.5. The highest BCUT2D eigenvalue weighted by Gasteiger charge is 2.16. The van der Waals surface area contributed by atoms with E-state index in [0.717, 1.165) is 44.1 Å². The zero-order valence-corrected chi connectivity index (χ0v) is 17.9. The molecule has 1 amide bonds. The number of benzene rings is 3. The Labute approximate surface area is 184 Å². The summed E-state index contributed by atoms with van der Waals surface area (Å²) in [6.07, 6.45) is -0.846. The van der Waals surface area contributed by atoms with E-state index in [2.05, 4.69) is 28.5 Å². The summed E-state index contributed by atoms with van der Waals surface area (Å²) in [5.41, 5.74) is 8.42. The third kappa shape index (κ3) is 5.20. The van der Waals surface area contributed by atoms with Crippen molar-refractivity contribution in [3.63, 3.8) is 0 Å². The maximum atomic E-state index is 11.4. The fourth-order valence-electron chi connectivity index (χ4n) is 3.32. The largest absolute Gasteiger partial charge is 0.497 e. The van der Waals surface area contributed by atoms with Crippen LogP contribution in [0.15, 0.2) is 82.6 Å². The third-order valence-corrected chi connectivity index (χ3v) is 5.86. The predicted molar refractivity (Wildman–Crippen MR) is 123 cm³/mol. The van der Waals surface area contributed by atoms with Gasteiger partial charge in [-0.25, -0.2) is 4.79 Å². The SMILES string of the molecule is COc1cccc(CNCc2ccc3c(Sc4ccccc4)c(OC(N)=O)[nH]c3c2)c1. The van der Waals surface area contributed by atoms with Crippen molar-refractivity contribution in [3.05, 3.63) is 83.9 Å². The standard InChI is InChI=1S/C24H23N3O3S/c1-29-18-7-5-6-16(12-18)14-26-15-17-10-11-20-21(13-17)27-23(30-24(25)28)22(20)31-19-8-3-2-4-9-19/h2-13,26-27H,14-15H2,1H3,(H2,25,28). The second-order valence-corrected chi connectivity index (χ2v) is 8.04. The lowest BCUT2D eigenvalue weighted by Gasteiger charge is -2.07. The maximum absolute atomic E-state index is 11.4. The molecule has 4 rings (SSSR count). The monoisotopic (exact) mass is 433 g/mol. The molecule has 0 atom stereocenters. The van der Waals surface area contributed by atoms with Crippen LogP contribution in [0.3, 0.4) is 0 Å². The zero-order chi connectivity index (χ0) is 21.6. The van der Waals surface area contributed by atoms with E-state index in [4.69, 9.17) is 15.2 Å². The second-order valence-electron chi connectivity index (χ2n) is 6.95. The van der Waals surface area contributed by atoms with Crippen LogP contribution in [0, 0.1) is 0 Å². The van der Waals surface area contributed by atoms with Gasteiger partial charge in [0, 0.05) is 28.9 Å². The lowest BCUT2D eigenvalue weighted by molar-refractivity contribution is 0.208. The van der Waals surface area contributed by atoms with Gasteiger partial charge < -0.3 is 25.5 Å². The first-order valence-electron chi connectivity index (χ1n) is 9.81. The van der Waals surface area contributed by atoms with E-state index < -0.39 is 6.09 Å². The second kappa shape index (κ2) is 9.59. The minimum absolute atomic E-state index is 0.359. The van der Waals surface area contributed by atoms with Crippen LogP contribution in [0.1, 0.15) is 11.1 Å². The highest BCUT2D eigenvalue weighted by molar-refractivity contribution is 7.99. The fraction of sp³-hybridized carbons (Fsp3) is 0.125. The number of aromatic amines is 1. The van der Waals surface area contributed by atoms with E-state index in [1.807, 2.05) is 54.6 Å². The lowest BCUT2D eigenvalue weighted by Crippen LogP contribution is -2.16.